The van der Waals surface area contributed by atoms with Crippen molar-refractivity contribution in [2.75, 3.05) is 6.61 Å². The molecule has 3 rings (SSSR count). The van der Waals surface area contributed by atoms with Crippen molar-refractivity contribution < 1.29 is 4.74 Å². The molecule has 2 unspecified atom stereocenters. The molecule has 17 heavy (non-hydrogen) atoms. The zero-order valence-electron chi connectivity index (χ0n) is 10.3. The molecule has 2 heteroatoms. The van der Waals surface area contributed by atoms with E-state index in [4.69, 9.17) is 10.5 Å². The molecule has 1 aromatic rings. The van der Waals surface area contributed by atoms with Crippen LogP contribution in [0.4, 0.5) is 0 Å². The Morgan fingerprint density at radius 1 is 1.29 bits per heavy atom. The van der Waals surface area contributed by atoms with Crippen LogP contribution in [0.5, 0.6) is 5.75 Å². The lowest BCUT2D eigenvalue weighted by Gasteiger charge is -2.12. The van der Waals surface area contributed by atoms with Crippen LogP contribution in [0, 0.1) is 5.92 Å². The largest absolute Gasteiger partial charge is 0.493 e. The number of fused-ring (bicyclic) bond motifs is 1. The maximum absolute atomic E-state index is 6.13. The fourth-order valence-electron chi connectivity index (χ4n) is 2.83. The Morgan fingerprint density at radius 2 is 2.12 bits per heavy atom. The fraction of sp³-hybridized carbons (Fsp3) is 0.600. The summed E-state index contributed by atoms with van der Waals surface area (Å²) in [5.74, 6) is 2.52. The van der Waals surface area contributed by atoms with Crippen LogP contribution in [0.25, 0.3) is 0 Å². The SMILES string of the molecule is NC(CCCC1COc2ccccc21)C1CC1. The van der Waals surface area contributed by atoms with Gasteiger partial charge in [0, 0.05) is 17.5 Å². The van der Waals surface area contributed by atoms with Crippen LogP contribution >= 0.6 is 0 Å². The molecule has 92 valence electrons. The van der Waals surface area contributed by atoms with Crippen LogP contribution in [0.3, 0.4) is 0 Å². The monoisotopic (exact) mass is 231 g/mol. The maximum Gasteiger partial charge on any atom is 0.122 e. The minimum Gasteiger partial charge on any atom is -0.493 e. The number of rotatable bonds is 5. The van der Waals surface area contributed by atoms with Crippen molar-refractivity contribution in [1.29, 1.82) is 0 Å². The van der Waals surface area contributed by atoms with Crippen molar-refractivity contribution in [2.24, 2.45) is 11.7 Å². The highest BCUT2D eigenvalue weighted by molar-refractivity contribution is 5.39. The number of hydrogen-bond acceptors (Lipinski definition) is 2. The van der Waals surface area contributed by atoms with Crippen molar-refractivity contribution in [3.8, 4) is 5.75 Å². The summed E-state index contributed by atoms with van der Waals surface area (Å²) in [4.78, 5) is 0. The first-order valence-electron chi connectivity index (χ1n) is 6.82. The van der Waals surface area contributed by atoms with Gasteiger partial charge in [0.15, 0.2) is 0 Å². The molecule has 0 aromatic heterocycles. The molecule has 1 aromatic carbocycles. The molecule has 0 saturated heterocycles. The molecule has 2 aliphatic rings. The van der Waals surface area contributed by atoms with Gasteiger partial charge in [0.1, 0.15) is 5.75 Å². The topological polar surface area (TPSA) is 35.2 Å². The van der Waals surface area contributed by atoms with Crippen LogP contribution in [0.1, 0.15) is 43.6 Å². The van der Waals surface area contributed by atoms with E-state index >= 15 is 0 Å². The van der Waals surface area contributed by atoms with Crippen LogP contribution in [0.2, 0.25) is 0 Å². The summed E-state index contributed by atoms with van der Waals surface area (Å²) in [6.07, 6.45) is 6.36. The molecule has 1 aliphatic carbocycles. The zero-order chi connectivity index (χ0) is 11.7. The predicted octanol–water partition coefficient (Wildman–Crippen LogP) is 3.07. The van der Waals surface area contributed by atoms with Crippen molar-refractivity contribution in [2.45, 2.75) is 44.1 Å². The van der Waals surface area contributed by atoms with Crippen LogP contribution in [-0.4, -0.2) is 12.6 Å². The van der Waals surface area contributed by atoms with Crippen molar-refractivity contribution in [3.05, 3.63) is 29.8 Å². The normalized spacial score (nSPS) is 24.2. The van der Waals surface area contributed by atoms with Gasteiger partial charge >= 0.3 is 0 Å². The van der Waals surface area contributed by atoms with Crippen molar-refractivity contribution in [3.63, 3.8) is 0 Å². The summed E-state index contributed by atoms with van der Waals surface area (Å²) < 4.78 is 5.70. The number of benzene rings is 1. The molecule has 2 atom stereocenters. The van der Waals surface area contributed by atoms with Crippen molar-refractivity contribution >= 4 is 0 Å². The van der Waals surface area contributed by atoms with E-state index in [9.17, 15) is 0 Å². The van der Waals surface area contributed by atoms with Gasteiger partial charge in [0.25, 0.3) is 0 Å². The Kier molecular flexibility index (Phi) is 3.06. The summed E-state index contributed by atoms with van der Waals surface area (Å²) in [5.41, 5.74) is 7.52. The summed E-state index contributed by atoms with van der Waals surface area (Å²) in [6.45, 7) is 0.859. The highest BCUT2D eigenvalue weighted by Gasteiger charge is 2.29. The molecule has 0 amide bonds. The second-order valence-electron chi connectivity index (χ2n) is 5.48. The van der Waals surface area contributed by atoms with Gasteiger partial charge in [-0.1, -0.05) is 24.6 Å². The summed E-state index contributed by atoms with van der Waals surface area (Å²) in [5, 5.41) is 0. The van der Waals surface area contributed by atoms with E-state index in [-0.39, 0.29) is 0 Å². The minimum atomic E-state index is 0.451. The summed E-state index contributed by atoms with van der Waals surface area (Å²) in [7, 11) is 0. The zero-order valence-corrected chi connectivity index (χ0v) is 10.3. The van der Waals surface area contributed by atoms with Crippen LogP contribution < -0.4 is 10.5 Å². The lowest BCUT2D eigenvalue weighted by molar-refractivity contribution is 0.320. The highest BCUT2D eigenvalue weighted by Crippen LogP contribution is 2.38. The third-order valence-electron chi connectivity index (χ3n) is 4.12. The van der Waals surface area contributed by atoms with Gasteiger partial charge in [0.05, 0.1) is 6.61 Å². The molecular weight excluding hydrogens is 210 g/mol. The highest BCUT2D eigenvalue weighted by atomic mass is 16.5. The van der Waals surface area contributed by atoms with Gasteiger partial charge < -0.3 is 10.5 Å². The maximum atomic E-state index is 6.13. The predicted molar refractivity (Wildman–Crippen MR) is 69.2 cm³/mol. The molecule has 2 nitrogen and oxygen atoms in total. The number of para-hydroxylation sites is 1. The van der Waals surface area contributed by atoms with Gasteiger partial charge in [-0.15, -0.1) is 0 Å². The summed E-state index contributed by atoms with van der Waals surface area (Å²) >= 11 is 0. The second kappa shape index (κ2) is 4.69. The third kappa shape index (κ3) is 2.47. The summed E-state index contributed by atoms with van der Waals surface area (Å²) in [6, 6.07) is 8.88. The van der Waals surface area contributed by atoms with E-state index in [1.807, 2.05) is 6.07 Å². The molecule has 1 heterocycles. The number of nitrogens with two attached hydrogens (primary N) is 1. The fourth-order valence-corrected chi connectivity index (χ4v) is 2.83. The Labute approximate surface area is 103 Å². The van der Waals surface area contributed by atoms with Crippen LogP contribution in [-0.2, 0) is 0 Å². The second-order valence-corrected chi connectivity index (χ2v) is 5.48. The first-order chi connectivity index (χ1) is 8.34. The molecule has 0 bridgehead atoms. The van der Waals surface area contributed by atoms with E-state index < -0.39 is 0 Å². The van der Waals surface area contributed by atoms with E-state index in [2.05, 4.69) is 18.2 Å². The van der Waals surface area contributed by atoms with Gasteiger partial charge in [-0.25, -0.2) is 0 Å². The Morgan fingerprint density at radius 3 is 2.94 bits per heavy atom. The molecule has 1 saturated carbocycles. The quantitative estimate of drug-likeness (QED) is 0.845. The molecule has 0 spiro atoms. The lowest BCUT2D eigenvalue weighted by Crippen LogP contribution is -2.22. The molecule has 2 N–H and O–H groups in total. The smallest absolute Gasteiger partial charge is 0.122 e. The first-order valence-corrected chi connectivity index (χ1v) is 6.82. The van der Waals surface area contributed by atoms with Gasteiger partial charge in [0.2, 0.25) is 0 Å². The van der Waals surface area contributed by atoms with E-state index in [1.54, 1.807) is 0 Å². The average molecular weight is 231 g/mol. The minimum absolute atomic E-state index is 0.451. The Bertz CT molecular complexity index is 386. The molecular formula is C15H21NO. The van der Waals surface area contributed by atoms with Gasteiger partial charge in [-0.3, -0.25) is 0 Å². The van der Waals surface area contributed by atoms with Crippen LogP contribution in [0.15, 0.2) is 24.3 Å². The number of ether oxygens (including phenoxy) is 1. The standard InChI is InChI=1S/C15H21NO/c16-14(11-8-9-11)6-3-4-12-10-17-15-7-2-1-5-13(12)15/h1-2,5,7,11-12,14H,3-4,6,8-10,16H2. The molecule has 1 fully saturated rings. The third-order valence-corrected chi connectivity index (χ3v) is 4.12. The van der Waals surface area contributed by atoms with E-state index in [1.165, 1.54) is 37.7 Å². The first kappa shape index (κ1) is 11.1. The van der Waals surface area contributed by atoms with Gasteiger partial charge in [-0.2, -0.15) is 0 Å². The lowest BCUT2D eigenvalue weighted by atomic mass is 9.94. The Hall–Kier alpha value is -1.02. The van der Waals surface area contributed by atoms with E-state index in [0.717, 1.165) is 18.3 Å². The number of hydrogen-bond donors (Lipinski definition) is 1. The van der Waals surface area contributed by atoms with Crippen molar-refractivity contribution in [1.82, 2.24) is 0 Å². The Balaban J connectivity index is 1.50. The molecule has 0 radical (unpaired) electrons. The van der Waals surface area contributed by atoms with E-state index in [0.29, 0.717) is 12.0 Å². The average Bonchev–Trinajstić information content (AvgIpc) is 3.12. The molecule has 1 aliphatic heterocycles. The van der Waals surface area contributed by atoms with Gasteiger partial charge in [-0.05, 0) is 37.7 Å².